The number of thiophene rings is 1. The molecular weight excluding hydrogens is 264 g/mol. The van der Waals surface area contributed by atoms with Crippen molar-refractivity contribution in [2.75, 3.05) is 19.6 Å². The predicted molar refractivity (Wildman–Crippen MR) is 73.2 cm³/mol. The second-order valence-electron chi connectivity index (χ2n) is 4.35. The number of hydrogen-bond acceptors (Lipinski definition) is 4. The number of nitrogens with zero attached hydrogens (tertiary/aromatic N) is 1. The smallest absolute Gasteiger partial charge is 0.325 e. The highest BCUT2D eigenvalue weighted by Gasteiger charge is 2.34. The third-order valence-corrected chi connectivity index (χ3v) is 4.09. The highest BCUT2D eigenvalue weighted by atomic mass is 32.1. The Bertz CT molecular complexity index is 498. The van der Waals surface area contributed by atoms with E-state index in [0.717, 1.165) is 16.9 Å². The summed E-state index contributed by atoms with van der Waals surface area (Å²) in [5, 5.41) is 14.0. The van der Waals surface area contributed by atoms with Gasteiger partial charge in [-0.3, -0.25) is 14.5 Å². The normalized spacial score (nSPS) is 18.6. The van der Waals surface area contributed by atoms with Gasteiger partial charge in [0, 0.05) is 18.0 Å². The van der Waals surface area contributed by atoms with Gasteiger partial charge in [0.1, 0.15) is 6.04 Å². The molecule has 102 valence electrons. The van der Waals surface area contributed by atoms with Crippen LogP contribution in [0.2, 0.25) is 0 Å². The third-order valence-electron chi connectivity index (χ3n) is 3.09. The van der Waals surface area contributed by atoms with Crippen LogP contribution in [0, 0.1) is 0 Å². The van der Waals surface area contributed by atoms with Crippen LogP contribution >= 0.6 is 11.3 Å². The molecule has 1 unspecified atom stereocenters. The van der Waals surface area contributed by atoms with E-state index in [1.807, 2.05) is 11.4 Å². The first kappa shape index (κ1) is 13.8. The van der Waals surface area contributed by atoms with Gasteiger partial charge >= 0.3 is 5.97 Å². The van der Waals surface area contributed by atoms with Gasteiger partial charge in [0.2, 0.25) is 5.91 Å². The van der Waals surface area contributed by atoms with Gasteiger partial charge in [-0.05, 0) is 23.4 Å². The van der Waals surface area contributed by atoms with E-state index >= 15 is 0 Å². The molecule has 0 spiro atoms. The number of nitrogens with one attached hydrogen (secondary N) is 1. The Hall–Kier alpha value is -1.66. The Balaban J connectivity index is 2.11. The minimum absolute atomic E-state index is 0.0973. The zero-order valence-corrected chi connectivity index (χ0v) is 11.3. The molecule has 1 amide bonds. The van der Waals surface area contributed by atoms with Crippen LogP contribution in [0.4, 0.5) is 0 Å². The summed E-state index contributed by atoms with van der Waals surface area (Å²) < 4.78 is 0. The Morgan fingerprint density at radius 3 is 3.11 bits per heavy atom. The lowest BCUT2D eigenvalue weighted by Gasteiger charge is -2.32. The molecule has 2 heterocycles. The molecule has 0 saturated heterocycles. The minimum Gasteiger partial charge on any atom is -0.480 e. The highest BCUT2D eigenvalue weighted by Crippen LogP contribution is 2.33. The fourth-order valence-electron chi connectivity index (χ4n) is 2.25. The molecule has 1 aromatic rings. The fraction of sp³-hybridized carbons (Fsp3) is 0.385. The number of aliphatic carboxylic acids is 1. The van der Waals surface area contributed by atoms with Gasteiger partial charge in [-0.2, -0.15) is 0 Å². The molecule has 0 fully saturated rings. The molecule has 0 radical (unpaired) electrons. The molecule has 6 heteroatoms. The van der Waals surface area contributed by atoms with E-state index in [0.29, 0.717) is 13.1 Å². The van der Waals surface area contributed by atoms with Crippen molar-refractivity contribution in [3.05, 3.63) is 34.5 Å². The number of fused-ring (bicyclic) bond motifs is 1. The lowest BCUT2D eigenvalue weighted by Crippen LogP contribution is -2.44. The Labute approximate surface area is 115 Å². The van der Waals surface area contributed by atoms with Crippen LogP contribution in [-0.4, -0.2) is 41.5 Å². The number of carbonyl (C=O) groups excluding carboxylic acids is 1. The van der Waals surface area contributed by atoms with E-state index in [-0.39, 0.29) is 12.5 Å². The summed E-state index contributed by atoms with van der Waals surface area (Å²) in [5.41, 5.74) is 0.820. The van der Waals surface area contributed by atoms with Crippen molar-refractivity contribution in [1.29, 1.82) is 0 Å². The summed E-state index contributed by atoms with van der Waals surface area (Å²) in [5.74, 6) is -1.08. The largest absolute Gasteiger partial charge is 0.480 e. The molecule has 1 aliphatic heterocycles. The third kappa shape index (κ3) is 3.02. The lowest BCUT2D eigenvalue weighted by molar-refractivity contribution is -0.144. The van der Waals surface area contributed by atoms with Crippen molar-refractivity contribution < 1.29 is 14.7 Å². The maximum atomic E-state index is 11.7. The molecule has 2 rings (SSSR count). The van der Waals surface area contributed by atoms with E-state index < -0.39 is 12.0 Å². The van der Waals surface area contributed by atoms with Gasteiger partial charge in [0.15, 0.2) is 0 Å². The van der Waals surface area contributed by atoms with Crippen LogP contribution in [0.15, 0.2) is 24.1 Å². The van der Waals surface area contributed by atoms with Gasteiger partial charge < -0.3 is 10.4 Å². The molecule has 19 heavy (non-hydrogen) atoms. The lowest BCUT2D eigenvalue weighted by atomic mass is 10.00. The van der Waals surface area contributed by atoms with Crippen LogP contribution in [0.25, 0.3) is 0 Å². The zero-order valence-electron chi connectivity index (χ0n) is 10.5. The Morgan fingerprint density at radius 2 is 2.42 bits per heavy atom. The van der Waals surface area contributed by atoms with Crippen LogP contribution < -0.4 is 5.32 Å². The molecular formula is C13H16N2O3S. The summed E-state index contributed by atoms with van der Waals surface area (Å²) in [6.07, 6.45) is 2.39. The van der Waals surface area contributed by atoms with Gasteiger partial charge in [0.25, 0.3) is 0 Å². The monoisotopic (exact) mass is 280 g/mol. The standard InChI is InChI=1S/C13H16N2O3S/c1-2-5-14-11(16)8-15-6-3-10-9(4-7-19-10)12(15)13(17)18/h2,4,7,12H,1,3,5-6,8H2,(H,14,16)(H,17,18). The number of carboxylic acids is 1. The van der Waals surface area contributed by atoms with Crippen molar-refractivity contribution in [2.24, 2.45) is 0 Å². The molecule has 2 N–H and O–H groups in total. The van der Waals surface area contributed by atoms with Crippen LogP contribution in [0.3, 0.4) is 0 Å². The van der Waals surface area contributed by atoms with E-state index in [9.17, 15) is 14.7 Å². The number of carbonyl (C=O) groups is 2. The zero-order chi connectivity index (χ0) is 13.8. The topological polar surface area (TPSA) is 69.6 Å². The fourth-order valence-corrected chi connectivity index (χ4v) is 3.16. The van der Waals surface area contributed by atoms with Crippen LogP contribution in [0.5, 0.6) is 0 Å². The van der Waals surface area contributed by atoms with Crippen molar-refractivity contribution >= 4 is 23.2 Å². The second-order valence-corrected chi connectivity index (χ2v) is 5.35. The average molecular weight is 280 g/mol. The molecule has 0 bridgehead atoms. The van der Waals surface area contributed by atoms with Crippen molar-refractivity contribution in [3.63, 3.8) is 0 Å². The van der Waals surface area contributed by atoms with E-state index in [4.69, 9.17) is 0 Å². The Morgan fingerprint density at radius 1 is 1.63 bits per heavy atom. The minimum atomic E-state index is -0.907. The van der Waals surface area contributed by atoms with Crippen LogP contribution in [0.1, 0.15) is 16.5 Å². The molecule has 1 atom stereocenters. The summed E-state index contributed by atoms with van der Waals surface area (Å²) in [4.78, 5) is 25.9. The summed E-state index contributed by atoms with van der Waals surface area (Å²) in [6.45, 7) is 4.61. The van der Waals surface area contributed by atoms with Gasteiger partial charge in [0.05, 0.1) is 6.54 Å². The van der Waals surface area contributed by atoms with Gasteiger partial charge in [-0.15, -0.1) is 17.9 Å². The highest BCUT2D eigenvalue weighted by molar-refractivity contribution is 7.10. The van der Waals surface area contributed by atoms with E-state index in [1.54, 1.807) is 22.3 Å². The average Bonchev–Trinajstić information content (AvgIpc) is 2.83. The number of rotatable bonds is 5. The summed E-state index contributed by atoms with van der Waals surface area (Å²) in [6, 6.07) is 1.12. The first-order valence-corrected chi connectivity index (χ1v) is 6.92. The molecule has 1 aromatic heterocycles. The first-order chi connectivity index (χ1) is 9.13. The SMILES string of the molecule is C=CCNC(=O)CN1CCc2sccc2C1C(=O)O. The van der Waals surface area contributed by atoms with Gasteiger partial charge in [-0.1, -0.05) is 6.08 Å². The molecule has 0 aromatic carbocycles. The van der Waals surface area contributed by atoms with Crippen molar-refractivity contribution in [2.45, 2.75) is 12.5 Å². The van der Waals surface area contributed by atoms with E-state index in [2.05, 4.69) is 11.9 Å². The molecule has 5 nitrogen and oxygen atoms in total. The quantitative estimate of drug-likeness (QED) is 0.791. The molecule has 1 aliphatic rings. The van der Waals surface area contributed by atoms with E-state index in [1.165, 1.54) is 0 Å². The Kier molecular flexibility index (Phi) is 4.34. The summed E-state index contributed by atoms with van der Waals surface area (Å²) in [7, 11) is 0. The van der Waals surface area contributed by atoms with Crippen LogP contribution in [-0.2, 0) is 16.0 Å². The maximum Gasteiger partial charge on any atom is 0.325 e. The number of amides is 1. The maximum absolute atomic E-state index is 11.7. The molecule has 0 aliphatic carbocycles. The number of hydrogen-bond donors (Lipinski definition) is 2. The summed E-state index contributed by atoms with van der Waals surface area (Å²) >= 11 is 1.58. The van der Waals surface area contributed by atoms with Crippen molar-refractivity contribution in [1.82, 2.24) is 10.2 Å². The molecule has 0 saturated carbocycles. The second kappa shape index (κ2) is 5.99. The van der Waals surface area contributed by atoms with Gasteiger partial charge in [-0.25, -0.2) is 0 Å². The van der Waals surface area contributed by atoms with Crippen molar-refractivity contribution in [3.8, 4) is 0 Å². The first-order valence-electron chi connectivity index (χ1n) is 6.04. The predicted octanol–water partition coefficient (Wildman–Crippen LogP) is 1.03. The number of carboxylic acid groups (broad SMARTS) is 1.